The fourth-order valence-corrected chi connectivity index (χ4v) is 3.84. The minimum absolute atomic E-state index is 0.0673. The highest BCUT2D eigenvalue weighted by Crippen LogP contribution is 2.34. The number of ether oxygens (including phenoxy) is 1. The molecule has 8 heteroatoms. The first-order chi connectivity index (χ1) is 14.4. The number of amides is 1. The number of methoxy groups -OCH3 is 1. The van der Waals surface area contributed by atoms with E-state index in [1.165, 1.54) is 18.2 Å². The van der Waals surface area contributed by atoms with Crippen LogP contribution in [0, 0.1) is 0 Å². The number of rotatable bonds is 8. The van der Waals surface area contributed by atoms with Gasteiger partial charge in [0.25, 0.3) is 0 Å². The van der Waals surface area contributed by atoms with Crippen LogP contribution in [-0.2, 0) is 24.1 Å². The molecule has 0 aliphatic heterocycles. The van der Waals surface area contributed by atoms with Gasteiger partial charge in [0, 0.05) is 23.5 Å². The van der Waals surface area contributed by atoms with Crippen LogP contribution in [0.3, 0.4) is 0 Å². The lowest BCUT2D eigenvalue weighted by Crippen LogP contribution is -2.33. The number of hydrogen-bond donors (Lipinski definition) is 1. The van der Waals surface area contributed by atoms with Gasteiger partial charge in [-0.15, -0.1) is 11.3 Å². The SMILES string of the molecule is COc1ccccc1CN(CC(=O)Nc1ccccc1C(F)(F)F)Cc1cccs1. The van der Waals surface area contributed by atoms with Gasteiger partial charge in [0.1, 0.15) is 5.75 Å². The number of carbonyl (C=O) groups excluding carboxylic acids is 1. The molecule has 3 aromatic rings. The molecule has 0 unspecified atom stereocenters. The Balaban J connectivity index is 1.77. The van der Waals surface area contributed by atoms with Crippen LogP contribution in [-0.4, -0.2) is 24.5 Å². The van der Waals surface area contributed by atoms with Crippen LogP contribution in [0.2, 0.25) is 0 Å². The van der Waals surface area contributed by atoms with Crippen molar-refractivity contribution in [2.45, 2.75) is 19.3 Å². The molecule has 0 aliphatic carbocycles. The Hall–Kier alpha value is -2.84. The number of benzene rings is 2. The summed E-state index contributed by atoms with van der Waals surface area (Å²) >= 11 is 1.56. The number of nitrogens with one attached hydrogen (secondary N) is 1. The van der Waals surface area contributed by atoms with Gasteiger partial charge in [0.2, 0.25) is 5.91 Å². The van der Waals surface area contributed by atoms with Crippen molar-refractivity contribution in [3.63, 3.8) is 0 Å². The number of hydrogen-bond acceptors (Lipinski definition) is 4. The molecule has 0 aliphatic rings. The molecule has 1 aromatic heterocycles. The molecule has 0 atom stereocenters. The van der Waals surface area contributed by atoms with Gasteiger partial charge in [0.05, 0.1) is 24.9 Å². The summed E-state index contributed by atoms with van der Waals surface area (Å²) in [6, 6.07) is 16.3. The Morgan fingerprint density at radius 2 is 1.77 bits per heavy atom. The average molecular weight is 434 g/mol. The van der Waals surface area contributed by atoms with Crippen LogP contribution in [0.4, 0.5) is 18.9 Å². The highest BCUT2D eigenvalue weighted by Gasteiger charge is 2.33. The number of alkyl halides is 3. The monoisotopic (exact) mass is 434 g/mol. The highest BCUT2D eigenvalue weighted by molar-refractivity contribution is 7.09. The van der Waals surface area contributed by atoms with Crippen molar-refractivity contribution in [2.24, 2.45) is 0 Å². The molecule has 2 aromatic carbocycles. The van der Waals surface area contributed by atoms with Crippen LogP contribution in [0.1, 0.15) is 16.0 Å². The van der Waals surface area contributed by atoms with E-state index in [9.17, 15) is 18.0 Å². The van der Waals surface area contributed by atoms with Gasteiger partial charge in [-0.1, -0.05) is 36.4 Å². The van der Waals surface area contributed by atoms with Crippen LogP contribution in [0.15, 0.2) is 66.0 Å². The molecule has 0 spiro atoms. The van der Waals surface area contributed by atoms with E-state index in [4.69, 9.17) is 4.74 Å². The normalized spacial score (nSPS) is 11.5. The summed E-state index contributed by atoms with van der Waals surface area (Å²) in [6.45, 7) is 0.836. The molecule has 0 saturated heterocycles. The molecular formula is C22H21F3N2O2S. The van der Waals surface area contributed by atoms with Gasteiger partial charge in [-0.2, -0.15) is 13.2 Å². The van der Waals surface area contributed by atoms with E-state index in [0.29, 0.717) is 18.8 Å². The maximum Gasteiger partial charge on any atom is 0.418 e. The molecule has 0 saturated carbocycles. The molecule has 30 heavy (non-hydrogen) atoms. The van der Waals surface area contributed by atoms with Gasteiger partial charge in [-0.05, 0) is 29.6 Å². The molecule has 1 N–H and O–H groups in total. The summed E-state index contributed by atoms with van der Waals surface area (Å²) in [5.41, 5.74) is -0.226. The van der Waals surface area contributed by atoms with Crippen molar-refractivity contribution in [1.82, 2.24) is 4.90 Å². The van der Waals surface area contributed by atoms with E-state index in [1.807, 2.05) is 46.7 Å². The Labute approximate surface area is 176 Å². The maximum absolute atomic E-state index is 13.2. The van der Waals surface area contributed by atoms with Crippen molar-refractivity contribution in [1.29, 1.82) is 0 Å². The Bertz CT molecular complexity index is 975. The largest absolute Gasteiger partial charge is 0.496 e. The minimum atomic E-state index is -4.54. The van der Waals surface area contributed by atoms with Crippen LogP contribution >= 0.6 is 11.3 Å². The fraction of sp³-hybridized carbons (Fsp3) is 0.227. The number of halogens is 3. The topological polar surface area (TPSA) is 41.6 Å². The van der Waals surface area contributed by atoms with E-state index in [-0.39, 0.29) is 12.2 Å². The van der Waals surface area contributed by atoms with Crippen molar-refractivity contribution in [3.05, 3.63) is 82.0 Å². The number of thiophene rings is 1. The lowest BCUT2D eigenvalue weighted by molar-refractivity contribution is -0.137. The first-order valence-electron chi connectivity index (χ1n) is 9.19. The molecule has 0 radical (unpaired) electrons. The Kier molecular flexibility index (Phi) is 7.12. The Morgan fingerprint density at radius 3 is 2.47 bits per heavy atom. The molecule has 4 nitrogen and oxygen atoms in total. The number of carbonyl (C=O) groups is 1. The standard InChI is InChI=1S/C22H21F3N2O2S/c1-29-20-11-5-2-7-16(20)13-27(14-17-8-6-12-30-17)15-21(28)26-19-10-4-3-9-18(19)22(23,24)25/h2-12H,13-15H2,1H3,(H,26,28). The minimum Gasteiger partial charge on any atom is -0.496 e. The number of para-hydroxylation sites is 2. The Morgan fingerprint density at radius 1 is 1.03 bits per heavy atom. The van der Waals surface area contributed by atoms with E-state index in [1.54, 1.807) is 18.4 Å². The predicted octanol–water partition coefficient (Wildman–Crippen LogP) is 5.42. The van der Waals surface area contributed by atoms with Crippen LogP contribution in [0.25, 0.3) is 0 Å². The van der Waals surface area contributed by atoms with Gasteiger partial charge < -0.3 is 10.1 Å². The van der Waals surface area contributed by atoms with Crippen molar-refractivity contribution < 1.29 is 22.7 Å². The summed E-state index contributed by atoms with van der Waals surface area (Å²) in [6.07, 6.45) is -4.54. The van der Waals surface area contributed by atoms with Gasteiger partial charge in [0.15, 0.2) is 0 Å². The van der Waals surface area contributed by atoms with Crippen molar-refractivity contribution >= 4 is 22.9 Å². The molecule has 1 amide bonds. The summed E-state index contributed by atoms with van der Waals surface area (Å²) in [4.78, 5) is 15.5. The first kappa shape index (κ1) is 21.9. The highest BCUT2D eigenvalue weighted by atomic mass is 32.1. The lowest BCUT2D eigenvalue weighted by atomic mass is 10.1. The first-order valence-corrected chi connectivity index (χ1v) is 10.1. The number of anilines is 1. The molecule has 158 valence electrons. The maximum atomic E-state index is 13.2. The molecule has 3 rings (SSSR count). The van der Waals surface area contributed by atoms with E-state index in [2.05, 4.69) is 5.32 Å². The second kappa shape index (κ2) is 9.77. The molecule has 0 fully saturated rings. The van der Waals surface area contributed by atoms with E-state index in [0.717, 1.165) is 16.5 Å². The van der Waals surface area contributed by atoms with Crippen LogP contribution < -0.4 is 10.1 Å². The molecule has 1 heterocycles. The summed E-state index contributed by atoms with van der Waals surface area (Å²) in [5.74, 6) is 0.176. The van der Waals surface area contributed by atoms with Gasteiger partial charge in [-0.25, -0.2) is 0 Å². The predicted molar refractivity (Wildman–Crippen MR) is 112 cm³/mol. The third kappa shape index (κ3) is 5.84. The zero-order valence-electron chi connectivity index (χ0n) is 16.3. The summed E-state index contributed by atoms with van der Waals surface area (Å²) in [7, 11) is 1.57. The second-order valence-electron chi connectivity index (χ2n) is 6.63. The van der Waals surface area contributed by atoms with Crippen molar-refractivity contribution in [3.8, 4) is 5.75 Å². The smallest absolute Gasteiger partial charge is 0.418 e. The van der Waals surface area contributed by atoms with Gasteiger partial charge >= 0.3 is 6.18 Å². The average Bonchev–Trinajstić information content (AvgIpc) is 3.21. The zero-order chi connectivity index (χ0) is 21.6. The lowest BCUT2D eigenvalue weighted by Gasteiger charge is -2.23. The zero-order valence-corrected chi connectivity index (χ0v) is 17.1. The number of nitrogens with zero attached hydrogens (tertiary/aromatic N) is 1. The molecular weight excluding hydrogens is 413 g/mol. The summed E-state index contributed by atoms with van der Waals surface area (Å²) < 4.78 is 45.0. The summed E-state index contributed by atoms with van der Waals surface area (Å²) in [5, 5.41) is 4.35. The van der Waals surface area contributed by atoms with Crippen LogP contribution in [0.5, 0.6) is 5.75 Å². The second-order valence-corrected chi connectivity index (χ2v) is 7.66. The third-order valence-corrected chi connectivity index (χ3v) is 5.28. The molecule has 0 bridgehead atoms. The fourth-order valence-electron chi connectivity index (χ4n) is 3.10. The van der Waals surface area contributed by atoms with Crippen molar-refractivity contribution in [2.75, 3.05) is 19.0 Å². The van der Waals surface area contributed by atoms with Gasteiger partial charge in [-0.3, -0.25) is 9.69 Å². The quantitative estimate of drug-likeness (QED) is 0.515. The van der Waals surface area contributed by atoms with E-state index < -0.39 is 17.6 Å². The van der Waals surface area contributed by atoms with E-state index >= 15 is 0 Å². The third-order valence-electron chi connectivity index (χ3n) is 4.42.